The van der Waals surface area contributed by atoms with E-state index in [4.69, 9.17) is 31.3 Å². The number of hydrogen-bond acceptors (Lipinski definition) is 7. The van der Waals surface area contributed by atoms with Crippen LogP contribution in [0, 0.1) is 6.92 Å². The molecule has 3 aromatic heterocycles. The molecule has 7 rings (SSSR count). The summed E-state index contributed by atoms with van der Waals surface area (Å²) in [6, 6.07) is 18.9. The summed E-state index contributed by atoms with van der Waals surface area (Å²) in [4.78, 5) is 14.5. The number of rotatable bonds is 2. The molecule has 0 amide bonds. The first-order valence-corrected chi connectivity index (χ1v) is 18.6. The van der Waals surface area contributed by atoms with E-state index >= 15 is 0 Å². The second kappa shape index (κ2) is 13.6. The van der Waals surface area contributed by atoms with Crippen LogP contribution < -0.4 is 4.74 Å². The second-order valence-electron chi connectivity index (χ2n) is 12.0. The number of hydrogen-bond donors (Lipinski definition) is 0. The zero-order valence-corrected chi connectivity index (χ0v) is 30.2. The number of thioether (sulfide) groups is 2. The van der Waals surface area contributed by atoms with Crippen LogP contribution >= 0.6 is 35.1 Å². The average Bonchev–Trinajstić information content (AvgIpc) is 3.71. The SMILES string of the molecule is CCn1nc2cc1CSCc1nn(C)c(C)c1-c1c(Cl)ccc3c(c(C(=O)OC)n(C)c13)CCCOc1cc(cc3ccccc13)SC2. The summed E-state index contributed by atoms with van der Waals surface area (Å²) in [7, 11) is 5.32. The molecule has 0 unspecified atom stereocenters. The number of benzene rings is 3. The van der Waals surface area contributed by atoms with Crippen molar-refractivity contribution >= 4 is 62.8 Å². The van der Waals surface area contributed by atoms with Gasteiger partial charge < -0.3 is 14.0 Å². The standard InChI is InChI=1S/C37H38ClN5O3S2/c1-6-43-25-17-24(39-43)19-48-26-16-23-10-7-8-11-27(23)32(18-26)46-15-9-12-28-29-13-14-30(38)34(35(29)41(3)36(28)37(44)45-5)33-22(2)42(4)40-31(33)21-47-20-25/h7-8,10-11,13-14,16-18H,6,9,12,15,19-21H2,1-5H3. The van der Waals surface area contributed by atoms with Gasteiger partial charge >= 0.3 is 5.97 Å². The average molecular weight is 700 g/mol. The predicted octanol–water partition coefficient (Wildman–Crippen LogP) is 8.75. The van der Waals surface area contributed by atoms with E-state index in [1.807, 2.05) is 53.3 Å². The highest BCUT2D eigenvalue weighted by atomic mass is 35.5. The second-order valence-corrected chi connectivity index (χ2v) is 14.5. The van der Waals surface area contributed by atoms with E-state index in [-0.39, 0.29) is 5.97 Å². The van der Waals surface area contributed by atoms with Crippen LogP contribution in [0.4, 0.5) is 0 Å². The highest BCUT2D eigenvalue weighted by Gasteiger charge is 2.28. The molecular formula is C37H38ClN5O3S2. The van der Waals surface area contributed by atoms with E-state index in [9.17, 15) is 4.79 Å². The summed E-state index contributed by atoms with van der Waals surface area (Å²) in [5.74, 6) is 2.75. The Kier molecular flexibility index (Phi) is 9.24. The molecule has 0 saturated carbocycles. The van der Waals surface area contributed by atoms with Gasteiger partial charge in [-0.05, 0) is 61.9 Å². The molecule has 8 bridgehead atoms. The lowest BCUT2D eigenvalue weighted by Crippen LogP contribution is -2.11. The fourth-order valence-electron chi connectivity index (χ4n) is 6.82. The fourth-order valence-corrected chi connectivity index (χ4v) is 8.86. The van der Waals surface area contributed by atoms with E-state index in [2.05, 4.69) is 54.9 Å². The number of methoxy groups -OCH3 is 1. The van der Waals surface area contributed by atoms with Crippen LogP contribution in [0.15, 0.2) is 59.5 Å². The molecule has 0 aliphatic carbocycles. The number of halogens is 1. The number of nitrogens with zero attached hydrogens (tertiary/aromatic N) is 5. The van der Waals surface area contributed by atoms with Crippen molar-refractivity contribution in [3.63, 3.8) is 0 Å². The van der Waals surface area contributed by atoms with Crippen molar-refractivity contribution in [2.24, 2.45) is 14.1 Å². The molecule has 1 aliphatic heterocycles. The van der Waals surface area contributed by atoms with E-state index in [1.54, 1.807) is 11.8 Å². The number of ether oxygens (including phenoxy) is 2. The molecule has 11 heteroatoms. The molecule has 1 aliphatic rings. The lowest BCUT2D eigenvalue weighted by atomic mass is 9.98. The summed E-state index contributed by atoms with van der Waals surface area (Å²) in [6.45, 7) is 5.50. The Morgan fingerprint density at radius 1 is 1.02 bits per heavy atom. The van der Waals surface area contributed by atoms with Crippen molar-refractivity contribution in [3.05, 3.63) is 93.7 Å². The molecule has 0 spiro atoms. The van der Waals surface area contributed by atoms with Crippen LogP contribution in [-0.2, 0) is 49.1 Å². The van der Waals surface area contributed by atoms with Crippen LogP contribution in [0.1, 0.15) is 52.2 Å². The number of fused-ring (bicyclic) bond motifs is 8. The van der Waals surface area contributed by atoms with E-state index in [0.29, 0.717) is 35.9 Å². The lowest BCUT2D eigenvalue weighted by Gasteiger charge is -2.12. The topological polar surface area (TPSA) is 76.1 Å². The van der Waals surface area contributed by atoms with Crippen molar-refractivity contribution in [1.29, 1.82) is 0 Å². The van der Waals surface area contributed by atoms with Gasteiger partial charge in [0.15, 0.2) is 0 Å². The van der Waals surface area contributed by atoms with Crippen molar-refractivity contribution in [2.45, 2.75) is 55.4 Å². The van der Waals surface area contributed by atoms with Gasteiger partial charge in [0, 0.05) is 76.1 Å². The molecule has 0 radical (unpaired) electrons. The number of aryl methyl sites for hydroxylation is 4. The predicted molar refractivity (Wildman–Crippen MR) is 196 cm³/mol. The first kappa shape index (κ1) is 32.7. The third kappa shape index (κ3) is 5.88. The normalized spacial score (nSPS) is 14.1. The molecule has 3 aromatic carbocycles. The molecule has 8 nitrogen and oxygen atoms in total. The maximum absolute atomic E-state index is 13.3. The largest absolute Gasteiger partial charge is 0.493 e. The van der Waals surface area contributed by atoms with Gasteiger partial charge in [-0.25, -0.2) is 4.79 Å². The molecule has 48 heavy (non-hydrogen) atoms. The fraction of sp³-hybridized carbons (Fsp3) is 0.324. The highest BCUT2D eigenvalue weighted by molar-refractivity contribution is 7.98. The molecule has 4 heterocycles. The van der Waals surface area contributed by atoms with Crippen molar-refractivity contribution in [1.82, 2.24) is 24.1 Å². The molecule has 6 aromatic rings. The smallest absolute Gasteiger partial charge is 0.354 e. The Morgan fingerprint density at radius 2 is 1.85 bits per heavy atom. The van der Waals surface area contributed by atoms with Crippen molar-refractivity contribution in [3.8, 4) is 16.9 Å². The van der Waals surface area contributed by atoms with Crippen LogP contribution in [0.5, 0.6) is 5.75 Å². The van der Waals surface area contributed by atoms with E-state index < -0.39 is 0 Å². The number of carbonyl (C=O) groups excluding carboxylic acids is 1. The van der Waals surface area contributed by atoms with Crippen molar-refractivity contribution in [2.75, 3.05) is 13.7 Å². The minimum Gasteiger partial charge on any atom is -0.493 e. The van der Waals surface area contributed by atoms with E-state index in [0.717, 1.165) is 84.1 Å². The molecule has 0 atom stereocenters. The van der Waals surface area contributed by atoms with Gasteiger partial charge in [0.25, 0.3) is 0 Å². The van der Waals surface area contributed by atoms with Crippen LogP contribution in [0.2, 0.25) is 5.02 Å². The zero-order valence-electron chi connectivity index (χ0n) is 27.8. The Balaban J connectivity index is 1.37. The van der Waals surface area contributed by atoms with Gasteiger partial charge in [-0.3, -0.25) is 9.36 Å². The molecular weight excluding hydrogens is 662 g/mol. The molecule has 0 saturated heterocycles. The van der Waals surface area contributed by atoms with Gasteiger partial charge in [-0.1, -0.05) is 41.9 Å². The summed E-state index contributed by atoms with van der Waals surface area (Å²) >= 11 is 10.7. The monoisotopic (exact) mass is 699 g/mol. The van der Waals surface area contributed by atoms with E-state index in [1.165, 1.54) is 12.8 Å². The summed E-state index contributed by atoms with van der Waals surface area (Å²) < 4.78 is 17.8. The maximum atomic E-state index is 13.3. The zero-order chi connectivity index (χ0) is 33.5. The van der Waals surface area contributed by atoms with Gasteiger partial charge in [0.2, 0.25) is 0 Å². The summed E-state index contributed by atoms with van der Waals surface area (Å²) in [5, 5.41) is 13.7. The van der Waals surface area contributed by atoms with Gasteiger partial charge in [-0.2, -0.15) is 10.2 Å². The minimum atomic E-state index is -0.373. The quantitative estimate of drug-likeness (QED) is 0.167. The maximum Gasteiger partial charge on any atom is 0.354 e. The number of aromatic nitrogens is 5. The lowest BCUT2D eigenvalue weighted by molar-refractivity contribution is 0.0589. The number of esters is 1. The van der Waals surface area contributed by atoms with Gasteiger partial charge in [0.05, 0.1) is 35.6 Å². The third-order valence-electron chi connectivity index (χ3n) is 9.16. The minimum absolute atomic E-state index is 0.373. The molecule has 248 valence electrons. The Hall–Kier alpha value is -3.86. The highest BCUT2D eigenvalue weighted by Crippen LogP contribution is 2.43. The molecule has 0 fully saturated rings. The van der Waals surface area contributed by atoms with Gasteiger partial charge in [-0.15, -0.1) is 23.5 Å². The van der Waals surface area contributed by atoms with Gasteiger partial charge in [0.1, 0.15) is 11.4 Å². The van der Waals surface area contributed by atoms with Crippen LogP contribution in [0.25, 0.3) is 32.8 Å². The summed E-state index contributed by atoms with van der Waals surface area (Å²) in [6.07, 6.45) is 1.34. The Bertz CT molecular complexity index is 2180. The Morgan fingerprint density at radius 3 is 2.67 bits per heavy atom. The first-order valence-electron chi connectivity index (χ1n) is 16.1. The van der Waals surface area contributed by atoms with Crippen LogP contribution in [-0.4, -0.2) is 43.8 Å². The van der Waals surface area contributed by atoms with Crippen molar-refractivity contribution < 1.29 is 14.3 Å². The summed E-state index contributed by atoms with van der Waals surface area (Å²) in [5.41, 5.74) is 8.48. The number of carbonyl (C=O) groups is 1. The third-order valence-corrected chi connectivity index (χ3v) is 11.5. The first-order chi connectivity index (χ1) is 23.3. The Labute approximate surface area is 293 Å². The van der Waals surface area contributed by atoms with Crippen LogP contribution in [0.3, 0.4) is 0 Å². The molecule has 0 N–H and O–H groups in total.